The van der Waals surface area contributed by atoms with E-state index in [2.05, 4.69) is 240 Å². The van der Waals surface area contributed by atoms with Crippen LogP contribution in [0.15, 0.2) is 218 Å². The van der Waals surface area contributed by atoms with E-state index in [1.807, 2.05) is 0 Å². The molecule has 8 aromatic rings. The molecular formula is C50H38N2Si. The molecule has 9 rings (SSSR count). The molecule has 252 valence electrons. The van der Waals surface area contributed by atoms with Crippen molar-refractivity contribution in [2.24, 2.45) is 0 Å². The molecule has 2 nitrogen and oxygen atoms in total. The van der Waals surface area contributed by atoms with Gasteiger partial charge >= 0.3 is 0 Å². The average Bonchev–Trinajstić information content (AvgIpc) is 3.38. The van der Waals surface area contributed by atoms with Gasteiger partial charge < -0.3 is 9.80 Å². The smallest absolute Gasteiger partial charge is 0.180 e. The van der Waals surface area contributed by atoms with Crippen molar-refractivity contribution in [1.82, 2.24) is 0 Å². The van der Waals surface area contributed by atoms with Crippen LogP contribution in [0.5, 0.6) is 0 Å². The largest absolute Gasteiger partial charge is 0.311 e. The summed E-state index contributed by atoms with van der Waals surface area (Å²) in [5, 5.41) is 5.43. The molecule has 1 aliphatic heterocycles. The molecule has 1 heterocycles. The highest BCUT2D eigenvalue weighted by molar-refractivity contribution is 7.20. The van der Waals surface area contributed by atoms with Crippen molar-refractivity contribution in [2.75, 3.05) is 9.80 Å². The van der Waals surface area contributed by atoms with Gasteiger partial charge in [-0.2, -0.15) is 0 Å². The molecular weight excluding hydrogens is 657 g/mol. The fraction of sp³-hybridized carbons (Fsp3) is 0. The molecule has 0 atom stereocenters. The van der Waals surface area contributed by atoms with Gasteiger partial charge in [0.2, 0.25) is 0 Å². The van der Waals surface area contributed by atoms with E-state index in [9.17, 15) is 0 Å². The van der Waals surface area contributed by atoms with Crippen LogP contribution in [0.25, 0.3) is 12.2 Å². The zero-order chi connectivity index (χ0) is 35.5. The maximum absolute atomic E-state index is 3.00. The molecule has 1 aliphatic rings. The maximum atomic E-state index is 2.49. The lowest BCUT2D eigenvalue weighted by Gasteiger charge is -2.37. The molecule has 0 fully saturated rings. The molecule has 0 aromatic heterocycles. The van der Waals surface area contributed by atoms with E-state index < -0.39 is 8.07 Å². The molecule has 0 amide bonds. The lowest BCUT2D eigenvalue weighted by Crippen LogP contribution is -2.75. The minimum atomic E-state index is -3.00. The summed E-state index contributed by atoms with van der Waals surface area (Å²) in [6.07, 6.45) is 4.67. The number of rotatable bonds is 8. The van der Waals surface area contributed by atoms with Gasteiger partial charge in [-0.25, -0.2) is 0 Å². The van der Waals surface area contributed by atoms with E-state index in [1.165, 1.54) is 31.9 Å². The van der Waals surface area contributed by atoms with Crippen LogP contribution in [-0.4, -0.2) is 8.07 Å². The molecule has 0 aliphatic carbocycles. The number of nitrogens with zero attached hydrogens (tertiary/aromatic N) is 2. The first kappa shape index (κ1) is 32.2. The van der Waals surface area contributed by atoms with E-state index >= 15 is 0 Å². The number of hydrogen-bond acceptors (Lipinski definition) is 2. The summed E-state index contributed by atoms with van der Waals surface area (Å²) in [6.45, 7) is 0. The zero-order valence-electron chi connectivity index (χ0n) is 29.3. The Balaban J connectivity index is 1.36. The highest BCUT2D eigenvalue weighted by Gasteiger charge is 2.45. The normalized spacial score (nSPS) is 12.6. The van der Waals surface area contributed by atoms with Crippen molar-refractivity contribution in [2.45, 2.75) is 0 Å². The maximum Gasteiger partial charge on any atom is 0.180 e. The summed E-state index contributed by atoms with van der Waals surface area (Å²) in [5.74, 6) is 0. The first-order valence-electron chi connectivity index (χ1n) is 18.2. The number of fused-ring (bicyclic) bond motifs is 2. The van der Waals surface area contributed by atoms with E-state index in [0.717, 1.165) is 34.1 Å². The number of anilines is 6. The molecule has 0 saturated heterocycles. The molecule has 0 unspecified atom stereocenters. The van der Waals surface area contributed by atoms with Crippen LogP contribution in [0.4, 0.5) is 34.1 Å². The van der Waals surface area contributed by atoms with Gasteiger partial charge in [0.1, 0.15) is 0 Å². The van der Waals surface area contributed by atoms with Gasteiger partial charge in [0.15, 0.2) is 8.07 Å². The van der Waals surface area contributed by atoms with Crippen molar-refractivity contribution >= 4 is 75.1 Å². The highest BCUT2D eigenvalue weighted by atomic mass is 28.3. The summed E-state index contributed by atoms with van der Waals surface area (Å²) in [5.41, 5.74) is 9.25. The fourth-order valence-electron chi connectivity index (χ4n) is 8.00. The molecule has 0 N–H and O–H groups in total. The van der Waals surface area contributed by atoms with Gasteiger partial charge in [-0.3, -0.25) is 0 Å². The molecule has 0 spiro atoms. The monoisotopic (exact) mass is 694 g/mol. The summed E-state index contributed by atoms with van der Waals surface area (Å²) in [7, 11) is -3.00. The van der Waals surface area contributed by atoms with Crippen molar-refractivity contribution < 1.29 is 0 Å². The predicted octanol–water partition coefficient (Wildman–Crippen LogP) is 10.5. The Hall–Kier alpha value is -6.68. The predicted molar refractivity (Wildman–Crippen MR) is 228 cm³/mol. The molecule has 0 radical (unpaired) electrons. The summed E-state index contributed by atoms with van der Waals surface area (Å²) in [6, 6.07) is 79.6. The second-order valence-corrected chi connectivity index (χ2v) is 17.1. The number of para-hydroxylation sites is 4. The van der Waals surface area contributed by atoms with Crippen LogP contribution in [0, 0.1) is 0 Å². The Morgan fingerprint density at radius 1 is 0.264 bits per heavy atom. The Labute approximate surface area is 313 Å². The van der Waals surface area contributed by atoms with Gasteiger partial charge in [0.05, 0.1) is 0 Å². The summed E-state index contributed by atoms with van der Waals surface area (Å²) >= 11 is 0. The van der Waals surface area contributed by atoms with Crippen LogP contribution >= 0.6 is 0 Å². The highest BCUT2D eigenvalue weighted by Crippen LogP contribution is 2.37. The van der Waals surface area contributed by atoms with Crippen molar-refractivity contribution in [3.8, 4) is 0 Å². The Morgan fingerprint density at radius 3 is 0.849 bits per heavy atom. The fourth-order valence-corrected chi connectivity index (χ4v) is 13.2. The van der Waals surface area contributed by atoms with Crippen LogP contribution < -0.4 is 30.5 Å². The Kier molecular flexibility index (Phi) is 8.61. The zero-order valence-corrected chi connectivity index (χ0v) is 30.3. The second kappa shape index (κ2) is 14.1. The lowest BCUT2D eigenvalue weighted by atomic mass is 10.1. The second-order valence-electron chi connectivity index (χ2n) is 13.4. The minimum Gasteiger partial charge on any atom is -0.311 e. The topological polar surface area (TPSA) is 6.48 Å². The lowest BCUT2D eigenvalue weighted by molar-refractivity contribution is 1.28. The molecule has 8 aromatic carbocycles. The quantitative estimate of drug-likeness (QED) is 0.146. The van der Waals surface area contributed by atoms with E-state index in [1.54, 1.807) is 0 Å². The molecule has 53 heavy (non-hydrogen) atoms. The van der Waals surface area contributed by atoms with Crippen molar-refractivity contribution in [3.63, 3.8) is 0 Å². The van der Waals surface area contributed by atoms with Gasteiger partial charge in [-0.05, 0) is 105 Å². The molecule has 0 saturated carbocycles. The summed E-state index contributed by atoms with van der Waals surface area (Å²) in [4.78, 5) is 4.77. The van der Waals surface area contributed by atoms with Gasteiger partial charge in [0, 0.05) is 34.1 Å². The van der Waals surface area contributed by atoms with Crippen LogP contribution in [-0.2, 0) is 0 Å². The number of hydrogen-bond donors (Lipinski definition) is 0. The molecule has 0 bridgehead atoms. The molecule has 3 heteroatoms. The van der Waals surface area contributed by atoms with Gasteiger partial charge in [-0.1, -0.05) is 158 Å². The third kappa shape index (κ3) is 5.87. The third-order valence-electron chi connectivity index (χ3n) is 10.3. The van der Waals surface area contributed by atoms with E-state index in [4.69, 9.17) is 0 Å². The van der Waals surface area contributed by atoms with Gasteiger partial charge in [-0.15, -0.1) is 0 Å². The van der Waals surface area contributed by atoms with Crippen molar-refractivity contribution in [1.29, 1.82) is 0 Å². The SMILES string of the molecule is C1=Cc2ccc(N(c3ccccc3)c3ccccc3)cc2[Si](c2ccccc2)(c2ccccc2)c2cc(N(c3ccccc3)c3ccccc3)ccc21. The van der Waals surface area contributed by atoms with Crippen LogP contribution in [0.1, 0.15) is 11.1 Å². The standard InChI is InChI=1S/C50H38N2Si/c1-7-19-41(20-8-1)51(42-21-9-2-10-22-42)45-35-33-39-31-32-40-34-36-46(52(43-23-11-3-12-24-43)44-25-13-4-14-26-44)38-50(40)53(49(39)37-45,47-27-15-5-16-28-47)48-29-17-6-18-30-48/h1-38H. The first-order chi connectivity index (χ1) is 26.3. The van der Waals surface area contributed by atoms with Gasteiger partial charge in [0.25, 0.3) is 0 Å². The van der Waals surface area contributed by atoms with E-state index in [-0.39, 0.29) is 0 Å². The Morgan fingerprint density at radius 2 is 0.547 bits per heavy atom. The van der Waals surface area contributed by atoms with Crippen LogP contribution in [0.2, 0.25) is 0 Å². The van der Waals surface area contributed by atoms with Crippen molar-refractivity contribution in [3.05, 3.63) is 230 Å². The third-order valence-corrected chi connectivity index (χ3v) is 15.2. The van der Waals surface area contributed by atoms with E-state index in [0.29, 0.717) is 0 Å². The first-order valence-corrected chi connectivity index (χ1v) is 20.2. The van der Waals surface area contributed by atoms with Crippen LogP contribution in [0.3, 0.4) is 0 Å². The minimum absolute atomic E-state index is 1.12. The summed E-state index contributed by atoms with van der Waals surface area (Å²) < 4.78 is 0. The number of benzene rings is 8. The Bertz CT molecular complexity index is 2230. The average molecular weight is 695 g/mol.